The lowest BCUT2D eigenvalue weighted by atomic mass is 10.2. The normalized spacial score (nSPS) is 16.4. The van der Waals surface area contributed by atoms with Gasteiger partial charge in [0.25, 0.3) is 5.91 Å². The lowest BCUT2D eigenvalue weighted by molar-refractivity contribution is -0.132. The second-order valence-corrected chi connectivity index (χ2v) is 10.6. The number of anilines is 3. The lowest BCUT2D eigenvalue weighted by Gasteiger charge is -2.36. The zero-order valence-electron chi connectivity index (χ0n) is 22.7. The average Bonchev–Trinajstić information content (AvgIpc) is 3.56. The van der Waals surface area contributed by atoms with Crippen LogP contribution < -0.4 is 10.2 Å². The predicted molar refractivity (Wildman–Crippen MR) is 148 cm³/mol. The second-order valence-electron chi connectivity index (χ2n) is 10.6. The van der Waals surface area contributed by atoms with E-state index < -0.39 is 0 Å². The Morgan fingerprint density at radius 2 is 1.74 bits per heavy atom. The fourth-order valence-corrected chi connectivity index (χ4v) is 5.34. The molecule has 4 heterocycles. The van der Waals surface area contributed by atoms with Gasteiger partial charge in [-0.15, -0.1) is 0 Å². The Morgan fingerprint density at radius 3 is 2.37 bits per heavy atom. The summed E-state index contributed by atoms with van der Waals surface area (Å²) in [7, 11) is 7.37. The van der Waals surface area contributed by atoms with Crippen LogP contribution in [0.15, 0.2) is 30.6 Å². The van der Waals surface area contributed by atoms with E-state index in [9.17, 15) is 9.59 Å². The van der Waals surface area contributed by atoms with E-state index in [2.05, 4.69) is 24.8 Å². The number of rotatable bonds is 7. The lowest BCUT2D eigenvalue weighted by Crippen LogP contribution is -2.50. The van der Waals surface area contributed by atoms with Gasteiger partial charge < -0.3 is 29.5 Å². The Hall–Kier alpha value is -3.73. The molecule has 2 aliphatic rings. The molecule has 11 heteroatoms. The van der Waals surface area contributed by atoms with Gasteiger partial charge >= 0.3 is 0 Å². The van der Waals surface area contributed by atoms with Crippen molar-refractivity contribution in [3.8, 4) is 0 Å². The largest absolute Gasteiger partial charge is 0.367 e. The molecule has 0 atom stereocenters. The first kappa shape index (κ1) is 25.9. The fraction of sp³-hybridized carbons (Fsp3) is 0.519. The molecule has 0 spiro atoms. The molecule has 0 unspecified atom stereocenters. The molecule has 1 aliphatic heterocycles. The van der Waals surface area contributed by atoms with Crippen molar-refractivity contribution in [1.82, 2.24) is 34.2 Å². The van der Waals surface area contributed by atoms with Crippen molar-refractivity contribution in [2.75, 3.05) is 71.1 Å². The first-order valence-corrected chi connectivity index (χ1v) is 13.3. The Kier molecular flexibility index (Phi) is 7.46. The third-order valence-electron chi connectivity index (χ3n) is 7.33. The van der Waals surface area contributed by atoms with Crippen LogP contribution in [-0.2, 0) is 4.79 Å². The summed E-state index contributed by atoms with van der Waals surface area (Å²) in [5, 5.41) is 4.09. The van der Waals surface area contributed by atoms with E-state index in [1.54, 1.807) is 25.2 Å². The molecule has 3 aromatic rings. The highest BCUT2D eigenvalue weighted by molar-refractivity contribution is 5.98. The Bertz CT molecular complexity index is 1290. The minimum atomic E-state index is -0.0236. The molecule has 1 aliphatic carbocycles. The quantitative estimate of drug-likeness (QED) is 0.508. The fourth-order valence-electron chi connectivity index (χ4n) is 5.34. The number of nitrogens with zero attached hydrogens (tertiary/aromatic N) is 8. The Morgan fingerprint density at radius 1 is 1.00 bits per heavy atom. The van der Waals surface area contributed by atoms with Gasteiger partial charge in [-0.05, 0) is 45.1 Å². The van der Waals surface area contributed by atoms with Crippen LogP contribution >= 0.6 is 0 Å². The van der Waals surface area contributed by atoms with Crippen molar-refractivity contribution in [1.29, 1.82) is 0 Å². The first-order chi connectivity index (χ1) is 18.3. The van der Waals surface area contributed by atoms with Gasteiger partial charge in [0.2, 0.25) is 11.9 Å². The van der Waals surface area contributed by atoms with E-state index >= 15 is 0 Å². The van der Waals surface area contributed by atoms with E-state index in [4.69, 9.17) is 4.98 Å². The number of likely N-dealkylation sites (N-methyl/N-ethyl adjacent to an activating group) is 1. The van der Waals surface area contributed by atoms with Gasteiger partial charge in [-0.2, -0.15) is 4.98 Å². The average molecular weight is 520 g/mol. The number of amides is 2. The molecular weight excluding hydrogens is 482 g/mol. The first-order valence-electron chi connectivity index (χ1n) is 13.3. The van der Waals surface area contributed by atoms with Crippen molar-refractivity contribution in [2.24, 2.45) is 0 Å². The standard InChI is InChI=1S/C27H37N9O2/c1-32(2)18-24(37)35-13-11-34(12-14-35)21-9-10-23(28-17-21)30-27-29-16-19-15-22(26(38)33(3)4)36(25(19)31-27)20-7-5-6-8-20/h9-10,15-17,20H,5-8,11-14,18H2,1-4H3,(H,28,29,30,31). The van der Waals surface area contributed by atoms with E-state index in [0.717, 1.165) is 55.5 Å². The van der Waals surface area contributed by atoms with Crippen LogP contribution in [0.4, 0.5) is 17.5 Å². The zero-order valence-corrected chi connectivity index (χ0v) is 22.7. The summed E-state index contributed by atoms with van der Waals surface area (Å²) in [6.45, 7) is 3.41. The number of hydrogen-bond donors (Lipinski definition) is 1. The van der Waals surface area contributed by atoms with Crippen LogP contribution in [0, 0.1) is 0 Å². The molecule has 5 rings (SSSR count). The topological polar surface area (TPSA) is 103 Å². The minimum Gasteiger partial charge on any atom is -0.367 e. The van der Waals surface area contributed by atoms with Gasteiger partial charge in [0.15, 0.2) is 0 Å². The number of nitrogens with one attached hydrogen (secondary N) is 1. The highest BCUT2D eigenvalue weighted by Gasteiger charge is 2.27. The van der Waals surface area contributed by atoms with Gasteiger partial charge in [0.05, 0.1) is 18.4 Å². The molecule has 1 saturated heterocycles. The van der Waals surface area contributed by atoms with Gasteiger partial charge in [-0.3, -0.25) is 9.59 Å². The Balaban J connectivity index is 1.30. The SMILES string of the molecule is CN(C)CC(=O)N1CCN(c2ccc(Nc3ncc4cc(C(=O)N(C)C)n(C5CCCC5)c4n3)nc2)CC1. The molecular formula is C27H37N9O2. The number of hydrogen-bond acceptors (Lipinski definition) is 8. The van der Waals surface area contributed by atoms with Crippen molar-refractivity contribution in [3.63, 3.8) is 0 Å². The zero-order chi connectivity index (χ0) is 26.8. The predicted octanol–water partition coefficient (Wildman–Crippen LogP) is 2.60. The third-order valence-corrected chi connectivity index (χ3v) is 7.33. The van der Waals surface area contributed by atoms with Crippen molar-refractivity contribution < 1.29 is 9.59 Å². The molecule has 2 fully saturated rings. The summed E-state index contributed by atoms with van der Waals surface area (Å²) in [4.78, 5) is 46.8. The van der Waals surface area contributed by atoms with Gasteiger partial charge in [0.1, 0.15) is 17.2 Å². The minimum absolute atomic E-state index is 0.0236. The van der Waals surface area contributed by atoms with Crippen LogP contribution in [0.25, 0.3) is 11.0 Å². The summed E-state index contributed by atoms with van der Waals surface area (Å²) >= 11 is 0. The third kappa shape index (κ3) is 5.42. The summed E-state index contributed by atoms with van der Waals surface area (Å²) in [6, 6.07) is 6.12. The van der Waals surface area contributed by atoms with Crippen molar-refractivity contribution >= 4 is 40.3 Å². The van der Waals surface area contributed by atoms with Crippen LogP contribution in [0.5, 0.6) is 0 Å². The Labute approximate surface area is 223 Å². The summed E-state index contributed by atoms with van der Waals surface area (Å²) in [6.07, 6.45) is 8.03. The molecule has 11 nitrogen and oxygen atoms in total. The maximum Gasteiger partial charge on any atom is 0.270 e. The smallest absolute Gasteiger partial charge is 0.270 e. The number of aromatic nitrogens is 4. The van der Waals surface area contributed by atoms with Gasteiger partial charge in [-0.1, -0.05) is 12.8 Å². The monoisotopic (exact) mass is 519 g/mol. The van der Waals surface area contributed by atoms with Gasteiger partial charge in [0, 0.05) is 57.9 Å². The van der Waals surface area contributed by atoms with Crippen LogP contribution in [0.3, 0.4) is 0 Å². The van der Waals surface area contributed by atoms with E-state index in [0.29, 0.717) is 37.1 Å². The van der Waals surface area contributed by atoms with Gasteiger partial charge in [-0.25, -0.2) is 9.97 Å². The second kappa shape index (κ2) is 10.9. The van der Waals surface area contributed by atoms with Crippen LogP contribution in [0.1, 0.15) is 42.2 Å². The molecule has 0 bridgehead atoms. The molecule has 38 heavy (non-hydrogen) atoms. The van der Waals surface area contributed by atoms with Crippen LogP contribution in [0.2, 0.25) is 0 Å². The molecule has 1 N–H and O–H groups in total. The van der Waals surface area contributed by atoms with E-state index in [-0.39, 0.29) is 17.9 Å². The highest BCUT2D eigenvalue weighted by Crippen LogP contribution is 2.35. The number of piperazine rings is 1. The maximum atomic E-state index is 12.9. The maximum absolute atomic E-state index is 12.9. The molecule has 202 valence electrons. The van der Waals surface area contributed by atoms with Crippen molar-refractivity contribution in [2.45, 2.75) is 31.7 Å². The summed E-state index contributed by atoms with van der Waals surface area (Å²) in [5.41, 5.74) is 2.46. The number of carbonyl (C=O) groups is 2. The summed E-state index contributed by atoms with van der Waals surface area (Å²) < 4.78 is 2.11. The summed E-state index contributed by atoms with van der Waals surface area (Å²) in [5.74, 6) is 1.24. The highest BCUT2D eigenvalue weighted by atomic mass is 16.2. The molecule has 0 aromatic carbocycles. The molecule has 0 radical (unpaired) electrons. The van der Waals surface area contributed by atoms with E-state index in [1.165, 1.54) is 0 Å². The molecule has 3 aromatic heterocycles. The van der Waals surface area contributed by atoms with E-state index in [1.807, 2.05) is 48.3 Å². The number of carbonyl (C=O) groups excluding carboxylic acids is 2. The molecule has 2 amide bonds. The van der Waals surface area contributed by atoms with Crippen LogP contribution in [-0.4, -0.2) is 107 Å². The number of fused-ring (bicyclic) bond motifs is 1. The number of pyridine rings is 1. The molecule has 1 saturated carbocycles. The van der Waals surface area contributed by atoms with Crippen molar-refractivity contribution in [3.05, 3.63) is 36.3 Å².